The molecule has 0 spiro atoms. The van der Waals surface area contributed by atoms with Gasteiger partial charge in [0, 0.05) is 32.6 Å². The minimum atomic E-state index is 0.641. The minimum absolute atomic E-state index is 0.641. The number of benzene rings is 7. The summed E-state index contributed by atoms with van der Waals surface area (Å²) in [5, 5.41) is 6.75. The van der Waals surface area contributed by atoms with E-state index in [0.29, 0.717) is 5.69 Å². The number of rotatable bonds is 3. The van der Waals surface area contributed by atoms with Gasteiger partial charge in [-0.3, -0.25) is 0 Å². The predicted octanol–water partition coefficient (Wildman–Crippen LogP) is 11.5. The van der Waals surface area contributed by atoms with E-state index in [9.17, 15) is 0 Å². The van der Waals surface area contributed by atoms with E-state index < -0.39 is 0 Å². The molecule has 0 unspecified atom stereocenters. The number of fused-ring (bicyclic) bond motifs is 9. The fourth-order valence-electron chi connectivity index (χ4n) is 7.78. The highest BCUT2D eigenvalue weighted by Gasteiger charge is 2.26. The molecule has 4 nitrogen and oxygen atoms in total. The molecule has 0 amide bonds. The molecule has 4 heteroatoms. The van der Waals surface area contributed by atoms with Gasteiger partial charge in [0.05, 0.1) is 51.0 Å². The van der Waals surface area contributed by atoms with E-state index in [4.69, 9.17) is 6.57 Å². The fraction of sp³-hybridized carbons (Fsp3) is 0. The fourth-order valence-corrected chi connectivity index (χ4v) is 7.78. The Morgan fingerprint density at radius 3 is 1.23 bits per heavy atom. The Bertz CT molecular complexity index is 2810. The zero-order valence-corrected chi connectivity index (χ0v) is 25.3. The van der Waals surface area contributed by atoms with Gasteiger partial charge in [0.1, 0.15) is 0 Å². The van der Waals surface area contributed by atoms with Crippen molar-refractivity contribution < 1.29 is 0 Å². The molecule has 218 valence electrons. The summed E-state index contributed by atoms with van der Waals surface area (Å²) in [6.45, 7) is 8.78. The molecule has 0 bridgehead atoms. The highest BCUT2D eigenvalue weighted by Crippen LogP contribution is 2.47. The number of hydrogen-bond acceptors (Lipinski definition) is 0. The maximum Gasteiger partial charge on any atom is 0.220 e. The summed E-state index contributed by atoms with van der Waals surface area (Å²) in [6.07, 6.45) is 0. The average Bonchev–Trinajstić information content (AvgIpc) is 3.78. The van der Waals surface area contributed by atoms with Gasteiger partial charge >= 0.3 is 0 Å². The van der Waals surface area contributed by atoms with Crippen LogP contribution in [0.4, 0.5) is 5.69 Å². The van der Waals surface area contributed by atoms with Crippen LogP contribution in [0, 0.1) is 6.57 Å². The third-order valence-corrected chi connectivity index (χ3v) is 9.64. The van der Waals surface area contributed by atoms with Crippen molar-refractivity contribution in [2.75, 3.05) is 0 Å². The van der Waals surface area contributed by atoms with Crippen molar-refractivity contribution in [3.05, 3.63) is 169 Å². The van der Waals surface area contributed by atoms with E-state index in [1.165, 1.54) is 21.5 Å². The van der Waals surface area contributed by atoms with E-state index >= 15 is 0 Å². The Labute approximate surface area is 270 Å². The van der Waals surface area contributed by atoms with Gasteiger partial charge in [0.25, 0.3) is 0 Å². The summed E-state index contributed by atoms with van der Waals surface area (Å²) in [4.78, 5) is 4.38. The third kappa shape index (κ3) is 3.46. The Balaban J connectivity index is 1.50. The highest BCUT2D eigenvalue weighted by atomic mass is 15.1. The molecule has 0 saturated carbocycles. The Hall–Kier alpha value is -6.57. The molecule has 0 saturated heterocycles. The molecule has 0 aliphatic carbocycles. The molecular weight excluding hydrogens is 573 g/mol. The third-order valence-electron chi connectivity index (χ3n) is 9.64. The molecule has 10 aromatic rings. The second-order valence-electron chi connectivity index (χ2n) is 12.0. The summed E-state index contributed by atoms with van der Waals surface area (Å²) >= 11 is 0. The van der Waals surface area contributed by atoms with Gasteiger partial charge in [-0.2, -0.15) is 0 Å². The van der Waals surface area contributed by atoms with Crippen LogP contribution in [0.1, 0.15) is 0 Å². The van der Waals surface area contributed by atoms with E-state index in [1.807, 2.05) is 0 Å². The van der Waals surface area contributed by atoms with E-state index in [1.54, 1.807) is 0 Å². The lowest BCUT2D eigenvalue weighted by Gasteiger charge is -2.19. The molecule has 0 atom stereocenters. The van der Waals surface area contributed by atoms with Crippen molar-refractivity contribution in [1.82, 2.24) is 13.7 Å². The maximum absolute atomic E-state index is 8.78. The zero-order valence-electron chi connectivity index (χ0n) is 25.3. The SMILES string of the molecule is [C-]#[N+]c1c(-n2c3ccccc3c3ccccc32)cc(-n2c3ccccc3c3ccccc32)c2c1c1ccccc1n2-c1ccccc1. The van der Waals surface area contributed by atoms with Gasteiger partial charge in [-0.05, 0) is 53.9 Å². The van der Waals surface area contributed by atoms with Crippen molar-refractivity contribution in [1.29, 1.82) is 0 Å². The van der Waals surface area contributed by atoms with Gasteiger partial charge in [-0.15, -0.1) is 0 Å². The van der Waals surface area contributed by atoms with Crippen LogP contribution in [0.15, 0.2) is 158 Å². The lowest BCUT2D eigenvalue weighted by Crippen LogP contribution is -2.03. The van der Waals surface area contributed by atoms with Gasteiger partial charge in [0.15, 0.2) is 0 Å². The number of nitrogens with zero attached hydrogens (tertiary/aromatic N) is 4. The van der Waals surface area contributed by atoms with Gasteiger partial charge in [0.2, 0.25) is 5.69 Å². The summed E-state index contributed by atoms with van der Waals surface area (Å²) < 4.78 is 7.04. The zero-order chi connectivity index (χ0) is 31.1. The van der Waals surface area contributed by atoms with E-state index in [-0.39, 0.29) is 0 Å². The quantitative estimate of drug-likeness (QED) is 0.180. The van der Waals surface area contributed by atoms with Crippen molar-refractivity contribution in [3.8, 4) is 17.1 Å². The molecule has 0 N–H and O–H groups in total. The normalized spacial score (nSPS) is 11.8. The molecular formula is C43H26N4. The van der Waals surface area contributed by atoms with Crippen molar-refractivity contribution in [2.45, 2.75) is 0 Å². The molecule has 47 heavy (non-hydrogen) atoms. The van der Waals surface area contributed by atoms with E-state index in [0.717, 1.165) is 60.9 Å². The molecule has 10 rings (SSSR count). The lowest BCUT2D eigenvalue weighted by atomic mass is 10.1. The predicted molar refractivity (Wildman–Crippen MR) is 196 cm³/mol. The number of hydrogen-bond donors (Lipinski definition) is 0. The standard InChI is InChI=1S/C43H26N4/c1-44-42-39(46-34-22-10-5-17-29(34)30-18-6-11-23-35(30)46)27-40(47-36-24-12-7-19-31(36)32-20-8-13-25-37(32)47)43-41(42)33-21-9-14-26-38(33)45(43)28-15-3-2-4-16-28/h2-27H. The summed E-state index contributed by atoms with van der Waals surface area (Å²) in [7, 11) is 0. The Morgan fingerprint density at radius 2 is 0.766 bits per heavy atom. The average molecular weight is 599 g/mol. The van der Waals surface area contributed by atoms with Crippen LogP contribution in [-0.2, 0) is 0 Å². The van der Waals surface area contributed by atoms with Crippen LogP contribution in [0.3, 0.4) is 0 Å². The van der Waals surface area contributed by atoms with Crippen molar-refractivity contribution >= 4 is 71.1 Å². The van der Waals surface area contributed by atoms with Crippen LogP contribution >= 0.6 is 0 Å². The summed E-state index contributed by atoms with van der Waals surface area (Å²) in [5.41, 5.74) is 10.1. The van der Waals surface area contributed by atoms with Crippen molar-refractivity contribution in [2.24, 2.45) is 0 Å². The first-order valence-corrected chi connectivity index (χ1v) is 15.8. The molecule has 0 fully saturated rings. The molecule has 0 radical (unpaired) electrons. The maximum atomic E-state index is 8.78. The first kappa shape index (κ1) is 25.7. The lowest BCUT2D eigenvalue weighted by molar-refractivity contribution is 1.11. The number of para-hydroxylation sites is 6. The monoisotopic (exact) mass is 598 g/mol. The van der Waals surface area contributed by atoms with E-state index in [2.05, 4.69) is 176 Å². The second-order valence-corrected chi connectivity index (χ2v) is 12.0. The van der Waals surface area contributed by atoms with Crippen LogP contribution in [0.5, 0.6) is 0 Å². The first-order valence-electron chi connectivity index (χ1n) is 15.8. The summed E-state index contributed by atoms with van der Waals surface area (Å²) in [6, 6.07) is 55.6. The molecule has 0 aliphatic heterocycles. The van der Waals surface area contributed by atoms with Crippen LogP contribution in [0.2, 0.25) is 0 Å². The van der Waals surface area contributed by atoms with Crippen LogP contribution < -0.4 is 0 Å². The molecule has 0 aliphatic rings. The Kier molecular flexibility index (Phi) is 5.32. The summed E-state index contributed by atoms with van der Waals surface area (Å²) in [5.74, 6) is 0. The Morgan fingerprint density at radius 1 is 0.383 bits per heavy atom. The van der Waals surface area contributed by atoms with Gasteiger partial charge in [-0.25, -0.2) is 4.85 Å². The molecule has 3 aromatic heterocycles. The molecule has 7 aromatic carbocycles. The minimum Gasteiger partial charge on any atom is -0.319 e. The highest BCUT2D eigenvalue weighted by molar-refractivity contribution is 6.21. The first-order chi connectivity index (χ1) is 23.3. The topological polar surface area (TPSA) is 19.1 Å². The van der Waals surface area contributed by atoms with Crippen LogP contribution in [-0.4, -0.2) is 13.7 Å². The van der Waals surface area contributed by atoms with Crippen molar-refractivity contribution in [3.63, 3.8) is 0 Å². The van der Waals surface area contributed by atoms with Gasteiger partial charge in [-0.1, -0.05) is 109 Å². The second kappa shape index (κ2) is 9.71. The number of aromatic nitrogens is 3. The smallest absolute Gasteiger partial charge is 0.220 e. The van der Waals surface area contributed by atoms with Crippen LogP contribution in [0.25, 0.3) is 87.3 Å². The molecule has 3 heterocycles. The largest absolute Gasteiger partial charge is 0.319 e. The van der Waals surface area contributed by atoms with Gasteiger partial charge < -0.3 is 13.7 Å².